The molecule has 53 heavy (non-hydrogen) atoms. The van der Waals surface area contributed by atoms with Crippen molar-refractivity contribution in [3.63, 3.8) is 0 Å². The van der Waals surface area contributed by atoms with E-state index in [4.69, 9.17) is 18.6 Å². The average molecular weight is 755 g/mol. The summed E-state index contributed by atoms with van der Waals surface area (Å²) in [6, 6.07) is 15.3. The fourth-order valence-corrected chi connectivity index (χ4v) is 7.70. The molecule has 1 saturated heterocycles. The molecule has 0 saturated carbocycles. The van der Waals surface area contributed by atoms with E-state index < -0.39 is 68.0 Å². The molecule has 6 rings (SSSR count). The average Bonchev–Trinajstić information content (AvgIpc) is 3.44. The standard InChI is InChI=1S/C37H37F3N4O8S/c1-22(26-10-7-8-11-27(26)37(40)20-42(21-37)34(45)52-36(2,3)4)44-33-28(38)17-25(18-30(33)51-35(44)46)53(47,48)43(32-13-9-12-31(39)41-32)19-23-14-15-24(49-5)16-29(23)50-6/h7-18,22H,19-21H2,1-6H3. The number of hydrogen-bond donors (Lipinski definition) is 0. The van der Waals surface area contributed by atoms with Crippen molar-refractivity contribution < 1.29 is 45.0 Å². The number of amides is 1. The summed E-state index contributed by atoms with van der Waals surface area (Å²) in [5, 5.41) is 0. The minimum Gasteiger partial charge on any atom is -0.497 e. The SMILES string of the molecule is COc1ccc(CN(c2cccc(F)n2)S(=O)(=O)c2cc(F)c3c(c2)oc(=O)n3C(C)c2ccccc2C2(F)CN(C(=O)OC(C)(C)C)C2)c(OC)c1. The fourth-order valence-electron chi connectivity index (χ4n) is 6.28. The Morgan fingerprint density at radius 3 is 2.40 bits per heavy atom. The minimum atomic E-state index is -4.73. The molecule has 0 bridgehead atoms. The van der Waals surface area contributed by atoms with Gasteiger partial charge >= 0.3 is 11.8 Å². The molecule has 12 nitrogen and oxygen atoms in total. The third kappa shape index (κ3) is 7.14. The summed E-state index contributed by atoms with van der Waals surface area (Å²) in [6.07, 6.45) is -0.670. The van der Waals surface area contributed by atoms with Crippen molar-refractivity contribution in [1.82, 2.24) is 14.5 Å². The van der Waals surface area contributed by atoms with Gasteiger partial charge in [0.05, 0.1) is 44.8 Å². The van der Waals surface area contributed by atoms with Crippen molar-refractivity contribution in [2.75, 3.05) is 31.6 Å². The summed E-state index contributed by atoms with van der Waals surface area (Å²) in [7, 11) is -1.90. The van der Waals surface area contributed by atoms with E-state index in [1.165, 1.54) is 43.4 Å². The van der Waals surface area contributed by atoms with E-state index in [1.54, 1.807) is 58.0 Å². The predicted molar refractivity (Wildman–Crippen MR) is 188 cm³/mol. The number of ether oxygens (including phenoxy) is 3. The number of carbonyl (C=O) groups excluding carboxylic acids is 1. The van der Waals surface area contributed by atoms with E-state index in [2.05, 4.69) is 4.98 Å². The number of likely N-dealkylation sites (tertiary alicyclic amines) is 1. The third-order valence-electron chi connectivity index (χ3n) is 8.80. The van der Waals surface area contributed by atoms with Gasteiger partial charge in [0.15, 0.2) is 17.1 Å². The molecule has 1 fully saturated rings. The Labute approximate surface area is 303 Å². The topological polar surface area (TPSA) is 133 Å². The van der Waals surface area contributed by atoms with Crippen molar-refractivity contribution in [2.45, 2.75) is 56.4 Å². The molecule has 3 aromatic carbocycles. The van der Waals surface area contributed by atoms with Crippen LogP contribution < -0.4 is 19.5 Å². The Bertz CT molecular complexity index is 2370. The summed E-state index contributed by atoms with van der Waals surface area (Å²) in [6.45, 7) is 5.63. The first kappa shape index (κ1) is 37.3. The highest BCUT2D eigenvalue weighted by atomic mass is 32.2. The number of anilines is 1. The van der Waals surface area contributed by atoms with Gasteiger partial charge in [-0.15, -0.1) is 0 Å². The Balaban J connectivity index is 1.38. The van der Waals surface area contributed by atoms with Crippen LogP contribution in [0.25, 0.3) is 11.1 Å². The molecular formula is C37H37F3N4O8S. The number of carbonyl (C=O) groups is 1. The van der Waals surface area contributed by atoms with Gasteiger partial charge in [0.25, 0.3) is 10.0 Å². The van der Waals surface area contributed by atoms with Gasteiger partial charge in [0, 0.05) is 17.7 Å². The van der Waals surface area contributed by atoms with Gasteiger partial charge in [0.2, 0.25) is 5.95 Å². The number of pyridine rings is 1. The Kier molecular flexibility index (Phi) is 9.70. The first-order valence-electron chi connectivity index (χ1n) is 16.4. The molecule has 280 valence electrons. The number of benzene rings is 3. The summed E-state index contributed by atoms with van der Waals surface area (Å²) in [5.41, 5.74) is -2.69. The summed E-state index contributed by atoms with van der Waals surface area (Å²) >= 11 is 0. The van der Waals surface area contributed by atoms with Crippen LogP contribution in [0.1, 0.15) is 50.4 Å². The number of nitrogens with zero attached hydrogens (tertiary/aromatic N) is 4. The number of oxazole rings is 1. The zero-order valence-corrected chi connectivity index (χ0v) is 30.5. The first-order valence-corrected chi connectivity index (χ1v) is 17.9. The van der Waals surface area contributed by atoms with Gasteiger partial charge in [-0.3, -0.25) is 4.57 Å². The van der Waals surface area contributed by atoms with Crippen molar-refractivity contribution >= 4 is 33.0 Å². The molecule has 1 atom stereocenters. The second-order valence-corrected chi connectivity index (χ2v) is 15.4. The minimum absolute atomic E-state index is 0.181. The van der Waals surface area contributed by atoms with Crippen molar-refractivity contribution in [3.05, 3.63) is 112 Å². The van der Waals surface area contributed by atoms with Crippen LogP contribution in [-0.4, -0.2) is 61.9 Å². The van der Waals surface area contributed by atoms with Crippen LogP contribution in [0, 0.1) is 11.8 Å². The maximum absolute atomic E-state index is 16.4. The van der Waals surface area contributed by atoms with Gasteiger partial charge in [0.1, 0.15) is 28.4 Å². The van der Waals surface area contributed by atoms with E-state index in [9.17, 15) is 22.4 Å². The highest BCUT2D eigenvalue weighted by Crippen LogP contribution is 2.41. The first-order chi connectivity index (χ1) is 25.0. The quantitative estimate of drug-likeness (QED) is 0.143. The van der Waals surface area contributed by atoms with Crippen molar-refractivity contribution in [1.29, 1.82) is 0 Å². The molecule has 2 aromatic heterocycles. The van der Waals surface area contributed by atoms with E-state index in [-0.39, 0.29) is 35.7 Å². The molecule has 1 unspecified atom stereocenters. The third-order valence-corrected chi connectivity index (χ3v) is 10.5. The second kappa shape index (κ2) is 13.8. The van der Waals surface area contributed by atoms with Gasteiger partial charge in [-0.2, -0.15) is 4.39 Å². The lowest BCUT2D eigenvalue weighted by Gasteiger charge is -2.45. The molecule has 0 spiro atoms. The van der Waals surface area contributed by atoms with Crippen LogP contribution in [0.15, 0.2) is 86.9 Å². The lowest BCUT2D eigenvalue weighted by atomic mass is 9.83. The van der Waals surface area contributed by atoms with Gasteiger partial charge < -0.3 is 23.5 Å². The maximum Gasteiger partial charge on any atom is 0.420 e. The molecule has 16 heteroatoms. The number of alkyl halides is 1. The lowest BCUT2D eigenvalue weighted by molar-refractivity contribution is -0.0542. The van der Waals surface area contributed by atoms with Crippen LogP contribution in [0.5, 0.6) is 11.5 Å². The summed E-state index contributed by atoms with van der Waals surface area (Å²) in [4.78, 5) is 30.3. The molecule has 3 heterocycles. The van der Waals surface area contributed by atoms with Crippen LogP contribution >= 0.6 is 0 Å². The van der Waals surface area contributed by atoms with Crippen LogP contribution in [0.3, 0.4) is 0 Å². The van der Waals surface area contributed by atoms with E-state index in [0.717, 1.165) is 27.1 Å². The largest absolute Gasteiger partial charge is 0.497 e. The second-order valence-electron chi connectivity index (χ2n) is 13.6. The number of methoxy groups -OCH3 is 2. The molecule has 0 aliphatic carbocycles. The Morgan fingerprint density at radius 1 is 1.02 bits per heavy atom. The Morgan fingerprint density at radius 2 is 1.74 bits per heavy atom. The smallest absolute Gasteiger partial charge is 0.420 e. The van der Waals surface area contributed by atoms with Crippen LogP contribution in [0.4, 0.5) is 23.8 Å². The zero-order chi connectivity index (χ0) is 38.5. The number of hydrogen-bond acceptors (Lipinski definition) is 9. The van der Waals surface area contributed by atoms with Crippen LogP contribution in [0.2, 0.25) is 0 Å². The fraction of sp³-hybridized carbons (Fsp3) is 0.324. The number of sulfonamides is 1. The molecule has 5 aromatic rings. The van der Waals surface area contributed by atoms with Gasteiger partial charge in [-0.1, -0.05) is 30.3 Å². The van der Waals surface area contributed by atoms with Crippen LogP contribution in [-0.2, 0) is 27.0 Å². The number of rotatable bonds is 10. The van der Waals surface area contributed by atoms with Gasteiger partial charge in [-0.05, 0) is 69.2 Å². The molecule has 0 N–H and O–H groups in total. The van der Waals surface area contributed by atoms with Crippen molar-refractivity contribution in [3.8, 4) is 11.5 Å². The molecule has 0 radical (unpaired) electrons. The van der Waals surface area contributed by atoms with Crippen molar-refractivity contribution in [2.24, 2.45) is 0 Å². The zero-order valence-electron chi connectivity index (χ0n) is 29.7. The molecule has 1 aliphatic rings. The monoisotopic (exact) mass is 754 g/mol. The number of fused-ring (bicyclic) bond motifs is 1. The van der Waals surface area contributed by atoms with E-state index in [0.29, 0.717) is 16.9 Å². The molecule has 1 amide bonds. The number of halogens is 3. The lowest BCUT2D eigenvalue weighted by Crippen LogP contribution is -2.60. The Hall–Kier alpha value is -5.51. The predicted octanol–water partition coefficient (Wildman–Crippen LogP) is 6.71. The molecular weight excluding hydrogens is 717 g/mol. The normalized spacial score (nSPS) is 14.8. The summed E-state index contributed by atoms with van der Waals surface area (Å²) in [5.74, 6) is -2.73. The molecule has 1 aliphatic heterocycles. The van der Waals surface area contributed by atoms with E-state index in [1.807, 2.05) is 0 Å². The summed E-state index contributed by atoms with van der Waals surface area (Å²) < 4.78 is 98.7. The highest BCUT2D eigenvalue weighted by molar-refractivity contribution is 7.92. The highest BCUT2D eigenvalue weighted by Gasteiger charge is 2.50. The van der Waals surface area contributed by atoms with Gasteiger partial charge in [-0.25, -0.2) is 36.1 Å². The van der Waals surface area contributed by atoms with E-state index >= 15 is 8.78 Å². The maximum atomic E-state index is 16.4. The number of aromatic nitrogens is 2.